The van der Waals surface area contributed by atoms with Gasteiger partial charge in [-0.15, -0.1) is 0 Å². The summed E-state index contributed by atoms with van der Waals surface area (Å²) in [5.74, 6) is -1.91. The van der Waals surface area contributed by atoms with Gasteiger partial charge in [-0.2, -0.15) is 0 Å². The SMILES string of the molecule is CCC(=O)OC/C(=C/c1ccc(NC(=O)OC/C(=C\c2ccc(NC(=O)OCc3ccc(NC(=O)OCc4ccc(NC)cc4)cc3)cc2)COC(=O)Nc2ccc(C=C(COC(C)=O)COC(C)=O)cc2)cc1)COC(C)=O. The second-order valence-corrected chi connectivity index (χ2v) is 17.1. The smallest absolute Gasteiger partial charge is 0.411 e. The number of anilines is 5. The molecule has 5 aromatic rings. The lowest BCUT2D eigenvalue weighted by atomic mass is 10.1. The number of rotatable bonds is 25. The van der Waals surface area contributed by atoms with E-state index in [-0.39, 0.29) is 59.3 Å². The van der Waals surface area contributed by atoms with Crippen LogP contribution in [0.1, 0.15) is 61.9 Å². The molecular weight excluding hydrogens is 1020 g/mol. The first-order valence-electron chi connectivity index (χ1n) is 24.6. The minimum absolute atomic E-state index is 0.0619. The van der Waals surface area contributed by atoms with Crippen molar-refractivity contribution < 1.29 is 76.3 Å². The number of carbonyl (C=O) groups is 8. The highest BCUT2D eigenvalue weighted by atomic mass is 16.6. The van der Waals surface area contributed by atoms with Crippen LogP contribution < -0.4 is 26.6 Å². The number of amides is 4. The second kappa shape index (κ2) is 31.8. The first-order valence-corrected chi connectivity index (χ1v) is 24.6. The van der Waals surface area contributed by atoms with Gasteiger partial charge in [0.1, 0.15) is 52.9 Å². The van der Waals surface area contributed by atoms with Gasteiger partial charge in [-0.05, 0) is 107 Å². The van der Waals surface area contributed by atoms with Crippen LogP contribution in [-0.2, 0) is 70.3 Å². The van der Waals surface area contributed by atoms with Gasteiger partial charge in [-0.3, -0.25) is 40.4 Å². The molecule has 5 rings (SSSR count). The van der Waals surface area contributed by atoms with Crippen LogP contribution in [0, 0.1) is 0 Å². The van der Waals surface area contributed by atoms with Gasteiger partial charge in [-0.25, -0.2) is 19.2 Å². The van der Waals surface area contributed by atoms with E-state index in [0.717, 1.165) is 11.3 Å². The molecule has 21 nitrogen and oxygen atoms in total. The van der Waals surface area contributed by atoms with E-state index in [1.54, 1.807) is 122 Å². The zero-order chi connectivity index (χ0) is 56.9. The molecule has 79 heavy (non-hydrogen) atoms. The Morgan fingerprint density at radius 1 is 0.354 bits per heavy atom. The summed E-state index contributed by atoms with van der Waals surface area (Å²) in [5.41, 5.74) is 7.41. The van der Waals surface area contributed by atoms with E-state index in [1.165, 1.54) is 20.8 Å². The average molecular weight is 1080 g/mol. The topological polar surface area (TPSA) is 271 Å². The Balaban J connectivity index is 1.19. The minimum atomic E-state index is -0.827. The molecule has 0 aliphatic heterocycles. The summed E-state index contributed by atoms with van der Waals surface area (Å²) in [6.45, 7) is 4.51. The van der Waals surface area contributed by atoms with E-state index < -0.39 is 48.3 Å². The molecule has 0 saturated carbocycles. The van der Waals surface area contributed by atoms with Gasteiger partial charge >= 0.3 is 48.3 Å². The van der Waals surface area contributed by atoms with Crippen molar-refractivity contribution >= 4 is 94.9 Å². The maximum Gasteiger partial charge on any atom is 0.411 e. The molecule has 0 spiro atoms. The molecule has 0 heterocycles. The Kier molecular flexibility index (Phi) is 24.2. The molecule has 0 bridgehead atoms. The zero-order valence-corrected chi connectivity index (χ0v) is 44.2. The zero-order valence-electron chi connectivity index (χ0n) is 44.2. The maximum atomic E-state index is 13.1. The van der Waals surface area contributed by atoms with Crippen LogP contribution in [-0.4, -0.2) is 94.9 Å². The lowest BCUT2D eigenvalue weighted by Gasteiger charge is -2.13. The van der Waals surface area contributed by atoms with Crippen LogP contribution in [0.3, 0.4) is 0 Å². The van der Waals surface area contributed by atoms with Crippen LogP contribution in [0.15, 0.2) is 138 Å². The summed E-state index contributed by atoms with van der Waals surface area (Å²) < 4.78 is 42.2. The summed E-state index contributed by atoms with van der Waals surface area (Å²) in [7, 11) is 1.81. The van der Waals surface area contributed by atoms with Gasteiger partial charge in [0.15, 0.2) is 0 Å². The van der Waals surface area contributed by atoms with E-state index in [4.69, 9.17) is 37.9 Å². The van der Waals surface area contributed by atoms with Crippen molar-refractivity contribution in [3.8, 4) is 0 Å². The van der Waals surface area contributed by atoms with Gasteiger partial charge in [0, 0.05) is 79.4 Å². The molecule has 0 saturated heterocycles. The largest absolute Gasteiger partial charge is 0.461 e. The normalized spacial score (nSPS) is 10.8. The van der Waals surface area contributed by atoms with Crippen LogP contribution in [0.5, 0.6) is 0 Å². The van der Waals surface area contributed by atoms with Gasteiger partial charge in [0.05, 0.1) is 0 Å². The van der Waals surface area contributed by atoms with Crippen LogP contribution >= 0.6 is 0 Å². The maximum absolute atomic E-state index is 13.1. The third-order valence-electron chi connectivity index (χ3n) is 10.6. The molecule has 5 aromatic carbocycles. The number of hydrogen-bond donors (Lipinski definition) is 5. The van der Waals surface area contributed by atoms with Gasteiger partial charge in [0.2, 0.25) is 0 Å². The quantitative estimate of drug-likeness (QED) is 0.0268. The number of benzene rings is 5. The summed E-state index contributed by atoms with van der Waals surface area (Å²) >= 11 is 0. The van der Waals surface area contributed by atoms with Crippen LogP contribution in [0.4, 0.5) is 47.6 Å². The average Bonchev–Trinajstić information content (AvgIpc) is 3.43. The van der Waals surface area contributed by atoms with Crippen molar-refractivity contribution in [3.63, 3.8) is 0 Å². The number of esters is 4. The van der Waals surface area contributed by atoms with Gasteiger partial charge in [0.25, 0.3) is 0 Å². The number of hydrogen-bond acceptors (Lipinski definition) is 17. The second-order valence-electron chi connectivity index (χ2n) is 17.1. The summed E-state index contributed by atoms with van der Waals surface area (Å²) in [6, 6.07) is 33.9. The van der Waals surface area contributed by atoms with E-state index in [9.17, 15) is 38.4 Å². The fourth-order valence-electron chi connectivity index (χ4n) is 6.61. The van der Waals surface area contributed by atoms with E-state index in [2.05, 4.69) is 26.6 Å². The molecule has 0 aliphatic rings. The standard InChI is InChI=1S/C58H61N5O16/c1-6-54(67)75-35-47(34-74-40(4)66)28-42-9-21-52(22-10-42)62-58(71)79-37-48(36-78-57(70)61-51-19-7-41(8-20-51)27-46(32-72-38(2)64)33-73-39(3)65)29-43-11-23-50(24-12-43)60-55(68)77-31-45-15-25-53(26-16-45)63-56(69)76-30-44-13-17-49(59-5)18-14-44/h7-29,59H,6,30-37H2,1-5H3,(H,60,68)(H,61,70)(H,62,71)(H,63,69)/b47-28+,48-29-. The van der Waals surface area contributed by atoms with E-state index in [0.29, 0.717) is 61.7 Å². The highest BCUT2D eigenvalue weighted by molar-refractivity contribution is 5.87. The summed E-state index contributed by atoms with van der Waals surface area (Å²) in [4.78, 5) is 97.2. The molecule has 21 heteroatoms. The lowest BCUT2D eigenvalue weighted by Crippen LogP contribution is -2.19. The highest BCUT2D eigenvalue weighted by Gasteiger charge is 2.13. The van der Waals surface area contributed by atoms with Crippen molar-refractivity contribution in [1.82, 2.24) is 0 Å². The van der Waals surface area contributed by atoms with E-state index in [1.807, 2.05) is 31.3 Å². The first-order chi connectivity index (χ1) is 38.0. The fraction of sp³-hybridized carbons (Fsp3) is 0.241. The van der Waals surface area contributed by atoms with Crippen LogP contribution in [0.2, 0.25) is 0 Å². The van der Waals surface area contributed by atoms with Crippen LogP contribution in [0.25, 0.3) is 18.2 Å². The van der Waals surface area contributed by atoms with Crippen molar-refractivity contribution in [2.75, 3.05) is 73.3 Å². The highest BCUT2D eigenvalue weighted by Crippen LogP contribution is 2.19. The number of carbonyl (C=O) groups excluding carboxylic acids is 8. The molecule has 5 N–H and O–H groups in total. The van der Waals surface area contributed by atoms with Gasteiger partial charge in [-0.1, -0.05) is 67.6 Å². The molecule has 0 aliphatic carbocycles. The molecule has 0 aromatic heterocycles. The monoisotopic (exact) mass is 1080 g/mol. The van der Waals surface area contributed by atoms with Gasteiger partial charge < -0.3 is 43.2 Å². The first kappa shape index (κ1) is 60.0. The Morgan fingerprint density at radius 2 is 0.620 bits per heavy atom. The van der Waals surface area contributed by atoms with Crippen molar-refractivity contribution in [2.45, 2.75) is 47.3 Å². The van der Waals surface area contributed by atoms with E-state index >= 15 is 0 Å². The predicted octanol–water partition coefficient (Wildman–Crippen LogP) is 10.5. The molecule has 0 atom stereocenters. The van der Waals surface area contributed by atoms with Crippen molar-refractivity contribution in [2.24, 2.45) is 0 Å². The Hall–Kier alpha value is -9.92. The Labute approximate surface area is 456 Å². The van der Waals surface area contributed by atoms with Crippen molar-refractivity contribution in [1.29, 1.82) is 0 Å². The summed E-state index contributed by atoms with van der Waals surface area (Å²) in [6.07, 6.45) is 2.19. The third-order valence-corrected chi connectivity index (χ3v) is 10.6. The summed E-state index contributed by atoms with van der Waals surface area (Å²) in [5, 5.41) is 13.6. The molecule has 414 valence electrons. The number of nitrogens with one attached hydrogen (secondary N) is 5. The Morgan fingerprint density at radius 3 is 0.911 bits per heavy atom. The third kappa shape index (κ3) is 23.7. The number of ether oxygens (including phenoxy) is 8. The predicted molar refractivity (Wildman–Crippen MR) is 294 cm³/mol. The molecule has 4 amide bonds. The molecule has 0 fully saturated rings. The van der Waals surface area contributed by atoms with Crippen molar-refractivity contribution in [3.05, 3.63) is 166 Å². The Bertz CT molecular complexity index is 2950. The molecule has 0 radical (unpaired) electrons. The minimum Gasteiger partial charge on any atom is -0.461 e. The molecular formula is C58H61N5O16. The fourth-order valence-corrected chi connectivity index (χ4v) is 6.61. The lowest BCUT2D eigenvalue weighted by molar-refractivity contribution is -0.143. The molecule has 0 unspecified atom stereocenters.